The molecule has 0 fully saturated rings. The summed E-state index contributed by atoms with van der Waals surface area (Å²) in [5.41, 5.74) is 2.76. The van der Waals surface area contributed by atoms with Crippen molar-refractivity contribution in [3.8, 4) is 5.69 Å². The predicted octanol–water partition coefficient (Wildman–Crippen LogP) is 3.67. The van der Waals surface area contributed by atoms with E-state index in [1.807, 2.05) is 66.9 Å². The topological polar surface area (TPSA) is 59.8 Å². The van der Waals surface area contributed by atoms with Crippen LogP contribution in [-0.4, -0.2) is 20.7 Å². The van der Waals surface area contributed by atoms with Gasteiger partial charge in [0, 0.05) is 23.5 Å². The van der Waals surface area contributed by atoms with Crippen molar-refractivity contribution >= 4 is 22.5 Å². The van der Waals surface area contributed by atoms with Crippen molar-refractivity contribution in [1.82, 2.24) is 14.8 Å². The van der Waals surface area contributed by atoms with Crippen LogP contribution in [0.25, 0.3) is 16.6 Å². The number of fused-ring (bicyclic) bond motifs is 1. The van der Waals surface area contributed by atoms with E-state index in [-0.39, 0.29) is 5.91 Å². The molecule has 0 atom stereocenters. The maximum atomic E-state index is 12.5. The van der Waals surface area contributed by atoms with Crippen molar-refractivity contribution < 1.29 is 4.79 Å². The Bertz CT molecular complexity index is 1010. The van der Waals surface area contributed by atoms with E-state index < -0.39 is 0 Å². The highest BCUT2D eigenvalue weighted by atomic mass is 16.1. The monoisotopic (exact) mass is 314 g/mol. The number of nitrogens with one attached hydrogen (secondary N) is 1. The molecule has 0 saturated heterocycles. The van der Waals surface area contributed by atoms with Gasteiger partial charge in [0.05, 0.1) is 11.2 Å². The lowest BCUT2D eigenvalue weighted by Crippen LogP contribution is -2.13. The molecule has 0 bridgehead atoms. The first-order valence-electron chi connectivity index (χ1n) is 7.57. The number of aromatic nitrogens is 3. The molecule has 5 nitrogen and oxygen atoms in total. The number of amides is 1. The lowest BCUT2D eigenvalue weighted by Gasteiger charge is -2.08. The second-order valence-corrected chi connectivity index (χ2v) is 5.34. The van der Waals surface area contributed by atoms with Gasteiger partial charge in [0.25, 0.3) is 5.91 Å². The van der Waals surface area contributed by atoms with Gasteiger partial charge >= 0.3 is 0 Å². The Morgan fingerprint density at radius 3 is 2.75 bits per heavy atom. The Morgan fingerprint density at radius 2 is 1.88 bits per heavy atom. The molecule has 4 rings (SSSR count). The summed E-state index contributed by atoms with van der Waals surface area (Å²) in [4.78, 5) is 16.9. The van der Waals surface area contributed by atoms with E-state index in [2.05, 4.69) is 15.4 Å². The summed E-state index contributed by atoms with van der Waals surface area (Å²) in [6.07, 6.45) is 3.57. The van der Waals surface area contributed by atoms with Crippen LogP contribution in [0.3, 0.4) is 0 Å². The molecule has 0 saturated carbocycles. The van der Waals surface area contributed by atoms with Crippen LogP contribution in [0.1, 0.15) is 10.5 Å². The molecule has 5 heteroatoms. The molecule has 0 radical (unpaired) electrons. The highest BCUT2D eigenvalue weighted by Crippen LogP contribution is 2.16. The Kier molecular flexibility index (Phi) is 3.51. The normalized spacial score (nSPS) is 10.7. The van der Waals surface area contributed by atoms with Crippen LogP contribution in [0.2, 0.25) is 0 Å². The molecule has 1 N–H and O–H groups in total. The van der Waals surface area contributed by atoms with Gasteiger partial charge in [-0.05, 0) is 36.4 Å². The van der Waals surface area contributed by atoms with Gasteiger partial charge in [0.2, 0.25) is 0 Å². The number of nitrogens with zero attached hydrogens (tertiary/aromatic N) is 3. The van der Waals surface area contributed by atoms with Crippen LogP contribution in [0.15, 0.2) is 79.1 Å². The van der Waals surface area contributed by atoms with Gasteiger partial charge in [-0.25, -0.2) is 9.67 Å². The summed E-state index contributed by atoms with van der Waals surface area (Å²) in [5.74, 6) is -0.238. The van der Waals surface area contributed by atoms with Crippen molar-refractivity contribution in [3.63, 3.8) is 0 Å². The SMILES string of the molecule is O=C(Nc1cccc(-n2cccn2)c1)c1ccc2ccccc2n1. The minimum absolute atomic E-state index is 0.238. The second kappa shape index (κ2) is 5.96. The fourth-order valence-electron chi connectivity index (χ4n) is 2.54. The van der Waals surface area contributed by atoms with Gasteiger partial charge in [0.15, 0.2) is 0 Å². The molecular formula is C19H14N4O. The first-order chi connectivity index (χ1) is 11.8. The molecule has 116 valence electrons. The van der Waals surface area contributed by atoms with Crippen molar-refractivity contribution in [3.05, 3.63) is 84.8 Å². The Balaban J connectivity index is 1.60. The third-order valence-electron chi connectivity index (χ3n) is 3.70. The molecule has 0 aliphatic heterocycles. The minimum Gasteiger partial charge on any atom is -0.321 e. The summed E-state index contributed by atoms with van der Waals surface area (Å²) in [7, 11) is 0. The molecule has 0 aliphatic carbocycles. The molecule has 2 aromatic carbocycles. The first-order valence-corrected chi connectivity index (χ1v) is 7.57. The van der Waals surface area contributed by atoms with Gasteiger partial charge in [0.1, 0.15) is 5.69 Å². The summed E-state index contributed by atoms with van der Waals surface area (Å²) in [5, 5.41) is 8.08. The zero-order valence-corrected chi connectivity index (χ0v) is 12.8. The average molecular weight is 314 g/mol. The van der Waals surface area contributed by atoms with E-state index in [1.54, 1.807) is 16.9 Å². The third kappa shape index (κ3) is 2.75. The van der Waals surface area contributed by atoms with E-state index in [9.17, 15) is 4.79 Å². The van der Waals surface area contributed by atoms with E-state index in [1.165, 1.54) is 0 Å². The lowest BCUT2D eigenvalue weighted by atomic mass is 10.2. The molecule has 24 heavy (non-hydrogen) atoms. The molecule has 2 aromatic heterocycles. The van der Waals surface area contributed by atoms with Crippen molar-refractivity contribution in [1.29, 1.82) is 0 Å². The fraction of sp³-hybridized carbons (Fsp3) is 0. The quantitative estimate of drug-likeness (QED) is 0.627. The van der Waals surface area contributed by atoms with Crippen LogP contribution in [0.5, 0.6) is 0 Å². The van der Waals surface area contributed by atoms with Crippen molar-refractivity contribution in [2.24, 2.45) is 0 Å². The maximum absolute atomic E-state index is 12.5. The molecule has 0 unspecified atom stereocenters. The smallest absolute Gasteiger partial charge is 0.274 e. The number of rotatable bonds is 3. The van der Waals surface area contributed by atoms with Gasteiger partial charge in [-0.15, -0.1) is 0 Å². The van der Waals surface area contributed by atoms with Crippen molar-refractivity contribution in [2.45, 2.75) is 0 Å². The van der Waals surface area contributed by atoms with E-state index in [0.717, 1.165) is 16.6 Å². The predicted molar refractivity (Wildman–Crippen MR) is 93.3 cm³/mol. The Labute approximate surface area is 138 Å². The number of hydrogen-bond acceptors (Lipinski definition) is 3. The zero-order chi connectivity index (χ0) is 16.4. The van der Waals surface area contributed by atoms with Gasteiger partial charge in [-0.1, -0.05) is 30.3 Å². The van der Waals surface area contributed by atoms with Crippen LogP contribution >= 0.6 is 0 Å². The molecule has 0 spiro atoms. The van der Waals surface area contributed by atoms with Crippen LogP contribution < -0.4 is 5.32 Å². The average Bonchev–Trinajstić information content (AvgIpc) is 3.16. The van der Waals surface area contributed by atoms with Crippen LogP contribution in [0.4, 0.5) is 5.69 Å². The first kappa shape index (κ1) is 14.1. The number of carbonyl (C=O) groups is 1. The number of hydrogen-bond donors (Lipinski definition) is 1. The number of benzene rings is 2. The number of para-hydroxylation sites is 1. The molecule has 2 heterocycles. The van der Waals surface area contributed by atoms with E-state index in [0.29, 0.717) is 11.4 Å². The molecule has 0 aliphatic rings. The summed E-state index contributed by atoms with van der Waals surface area (Å²) < 4.78 is 1.74. The summed E-state index contributed by atoms with van der Waals surface area (Å²) in [6, 6.07) is 20.7. The number of anilines is 1. The highest BCUT2D eigenvalue weighted by molar-refractivity contribution is 6.04. The van der Waals surface area contributed by atoms with Crippen LogP contribution in [0, 0.1) is 0 Å². The van der Waals surface area contributed by atoms with E-state index >= 15 is 0 Å². The standard InChI is InChI=1S/C19H14N4O/c24-19(18-10-9-14-5-1-2-8-17(14)22-18)21-15-6-3-7-16(13-15)23-12-4-11-20-23/h1-13H,(H,21,24). The van der Waals surface area contributed by atoms with Crippen LogP contribution in [-0.2, 0) is 0 Å². The van der Waals surface area contributed by atoms with E-state index in [4.69, 9.17) is 0 Å². The Morgan fingerprint density at radius 1 is 0.958 bits per heavy atom. The third-order valence-corrected chi connectivity index (χ3v) is 3.70. The second-order valence-electron chi connectivity index (χ2n) is 5.34. The Hall–Kier alpha value is -3.47. The minimum atomic E-state index is -0.238. The lowest BCUT2D eigenvalue weighted by molar-refractivity contribution is 0.102. The zero-order valence-electron chi connectivity index (χ0n) is 12.8. The number of pyridine rings is 1. The highest BCUT2D eigenvalue weighted by Gasteiger charge is 2.09. The largest absolute Gasteiger partial charge is 0.321 e. The maximum Gasteiger partial charge on any atom is 0.274 e. The van der Waals surface area contributed by atoms with Gasteiger partial charge in [-0.3, -0.25) is 4.79 Å². The summed E-state index contributed by atoms with van der Waals surface area (Å²) >= 11 is 0. The van der Waals surface area contributed by atoms with Gasteiger partial charge < -0.3 is 5.32 Å². The van der Waals surface area contributed by atoms with Crippen molar-refractivity contribution in [2.75, 3.05) is 5.32 Å². The summed E-state index contributed by atoms with van der Waals surface area (Å²) in [6.45, 7) is 0. The molecular weight excluding hydrogens is 300 g/mol. The van der Waals surface area contributed by atoms with Gasteiger partial charge in [-0.2, -0.15) is 5.10 Å². The molecule has 4 aromatic rings. The molecule has 1 amide bonds. The number of carbonyl (C=O) groups excluding carboxylic acids is 1. The fourth-order valence-corrected chi connectivity index (χ4v) is 2.54.